The van der Waals surface area contributed by atoms with Gasteiger partial charge in [-0.05, 0) is 26.7 Å². The molecule has 1 N–H and O–H groups in total. The van der Waals surface area contributed by atoms with Crippen LogP contribution in [0.1, 0.15) is 65.2 Å². The predicted molar refractivity (Wildman–Crippen MR) is 67.2 cm³/mol. The minimum absolute atomic E-state index is 0.566. The monoisotopic (exact) mass is 224 g/mol. The van der Waals surface area contributed by atoms with Crippen LogP contribution in [0.25, 0.3) is 0 Å². The highest BCUT2D eigenvalue weighted by Crippen LogP contribution is 2.24. The van der Waals surface area contributed by atoms with E-state index in [4.69, 9.17) is 11.5 Å². The molecule has 0 saturated carbocycles. The van der Waals surface area contributed by atoms with Crippen molar-refractivity contribution >= 4 is 5.97 Å². The van der Waals surface area contributed by atoms with Crippen molar-refractivity contribution in [1.82, 2.24) is 0 Å². The molecule has 0 bridgehead atoms. The van der Waals surface area contributed by atoms with Gasteiger partial charge in [-0.15, -0.1) is 12.3 Å². The number of hydrogen-bond donors (Lipinski definition) is 1. The summed E-state index contributed by atoms with van der Waals surface area (Å²) in [6.07, 6.45) is 13.7. The van der Waals surface area contributed by atoms with Crippen molar-refractivity contribution in [3.05, 3.63) is 0 Å². The molecule has 0 amide bonds. The minimum Gasteiger partial charge on any atom is -0.481 e. The maximum absolute atomic E-state index is 10.8. The van der Waals surface area contributed by atoms with E-state index in [0.717, 1.165) is 32.1 Å². The highest BCUT2D eigenvalue weighted by molar-refractivity contribution is 5.73. The second-order valence-electron chi connectivity index (χ2n) is 5.01. The standard InChI is InChI=1S/C14H24O2/c1-4-5-6-7-8-9-10-11-12-14(2,3)13(15)16/h1H,5-12H2,2-3H3,(H,15,16). The third-order valence-corrected chi connectivity index (χ3v) is 2.95. The highest BCUT2D eigenvalue weighted by Gasteiger charge is 2.25. The summed E-state index contributed by atoms with van der Waals surface area (Å²) in [6, 6.07) is 0. The van der Waals surface area contributed by atoms with Gasteiger partial charge in [0.25, 0.3) is 0 Å². The van der Waals surface area contributed by atoms with Crippen molar-refractivity contribution in [2.75, 3.05) is 0 Å². The zero-order chi connectivity index (χ0) is 12.4. The molecule has 0 atom stereocenters. The third-order valence-electron chi connectivity index (χ3n) is 2.95. The molecule has 0 aliphatic rings. The van der Waals surface area contributed by atoms with Crippen LogP contribution in [0.5, 0.6) is 0 Å². The van der Waals surface area contributed by atoms with Gasteiger partial charge in [-0.2, -0.15) is 0 Å². The van der Waals surface area contributed by atoms with E-state index in [2.05, 4.69) is 5.92 Å². The van der Waals surface area contributed by atoms with E-state index in [9.17, 15) is 4.79 Å². The number of rotatable bonds is 9. The van der Waals surface area contributed by atoms with E-state index in [1.165, 1.54) is 19.3 Å². The molecule has 0 aliphatic carbocycles. The summed E-state index contributed by atoms with van der Waals surface area (Å²) in [6.45, 7) is 3.59. The van der Waals surface area contributed by atoms with Gasteiger partial charge in [0.1, 0.15) is 0 Å². The number of unbranched alkanes of at least 4 members (excludes halogenated alkanes) is 6. The Hall–Kier alpha value is -0.970. The Kier molecular flexibility index (Phi) is 7.72. The lowest BCUT2D eigenvalue weighted by molar-refractivity contribution is -0.147. The van der Waals surface area contributed by atoms with E-state index < -0.39 is 11.4 Å². The maximum Gasteiger partial charge on any atom is 0.309 e. The van der Waals surface area contributed by atoms with Gasteiger partial charge in [-0.3, -0.25) is 4.79 Å². The Morgan fingerprint density at radius 2 is 1.62 bits per heavy atom. The Morgan fingerprint density at radius 3 is 2.12 bits per heavy atom. The Morgan fingerprint density at radius 1 is 1.12 bits per heavy atom. The first-order valence-corrected chi connectivity index (χ1v) is 6.17. The topological polar surface area (TPSA) is 37.3 Å². The molecule has 2 nitrogen and oxygen atoms in total. The molecule has 0 aromatic carbocycles. The number of hydrogen-bond acceptors (Lipinski definition) is 1. The van der Waals surface area contributed by atoms with Gasteiger partial charge in [0.2, 0.25) is 0 Å². The molecule has 0 heterocycles. The second kappa shape index (κ2) is 8.21. The Balaban J connectivity index is 3.34. The van der Waals surface area contributed by atoms with Crippen molar-refractivity contribution in [2.45, 2.75) is 65.2 Å². The highest BCUT2D eigenvalue weighted by atomic mass is 16.4. The first kappa shape index (κ1) is 15.0. The van der Waals surface area contributed by atoms with Crippen molar-refractivity contribution in [3.63, 3.8) is 0 Å². The number of carboxylic acid groups (broad SMARTS) is 1. The zero-order valence-electron chi connectivity index (χ0n) is 10.6. The predicted octanol–water partition coefficient (Wildman–Crippen LogP) is 3.85. The molecule has 0 unspecified atom stereocenters. The average molecular weight is 224 g/mol. The van der Waals surface area contributed by atoms with Crippen LogP contribution in [0.3, 0.4) is 0 Å². The van der Waals surface area contributed by atoms with E-state index in [1.54, 1.807) is 13.8 Å². The number of carbonyl (C=O) groups is 1. The summed E-state index contributed by atoms with van der Waals surface area (Å²) in [5, 5.41) is 8.92. The fourth-order valence-corrected chi connectivity index (χ4v) is 1.61. The van der Waals surface area contributed by atoms with E-state index >= 15 is 0 Å². The maximum atomic E-state index is 10.8. The molecule has 0 saturated heterocycles. The molecule has 0 spiro atoms. The summed E-state index contributed by atoms with van der Waals surface area (Å²) in [4.78, 5) is 10.8. The van der Waals surface area contributed by atoms with E-state index in [1.807, 2.05) is 0 Å². The summed E-state index contributed by atoms with van der Waals surface area (Å²) in [5.41, 5.74) is -0.566. The lowest BCUT2D eigenvalue weighted by Crippen LogP contribution is -2.23. The lowest BCUT2D eigenvalue weighted by Gasteiger charge is -2.18. The molecule has 0 aromatic rings. The molecule has 16 heavy (non-hydrogen) atoms. The fourth-order valence-electron chi connectivity index (χ4n) is 1.61. The van der Waals surface area contributed by atoms with Crippen LogP contribution in [0.15, 0.2) is 0 Å². The summed E-state index contributed by atoms with van der Waals surface area (Å²) in [7, 11) is 0. The average Bonchev–Trinajstić information content (AvgIpc) is 2.21. The zero-order valence-corrected chi connectivity index (χ0v) is 10.6. The molecule has 2 heteroatoms. The molecule has 0 fully saturated rings. The van der Waals surface area contributed by atoms with Crippen LogP contribution in [0.4, 0.5) is 0 Å². The smallest absolute Gasteiger partial charge is 0.309 e. The number of terminal acetylenes is 1. The van der Waals surface area contributed by atoms with Gasteiger partial charge < -0.3 is 5.11 Å². The first-order chi connectivity index (χ1) is 7.50. The van der Waals surface area contributed by atoms with Crippen molar-refractivity contribution in [2.24, 2.45) is 5.41 Å². The van der Waals surface area contributed by atoms with Crippen LogP contribution in [0, 0.1) is 17.8 Å². The molecular formula is C14H24O2. The van der Waals surface area contributed by atoms with Crippen molar-refractivity contribution < 1.29 is 9.90 Å². The first-order valence-electron chi connectivity index (χ1n) is 6.17. The van der Waals surface area contributed by atoms with Crippen LogP contribution < -0.4 is 0 Å². The van der Waals surface area contributed by atoms with Gasteiger partial charge in [-0.1, -0.05) is 32.1 Å². The Labute approximate surface area is 99.4 Å². The van der Waals surface area contributed by atoms with Crippen LogP contribution in [-0.2, 0) is 4.79 Å². The second-order valence-corrected chi connectivity index (χ2v) is 5.01. The molecular weight excluding hydrogens is 200 g/mol. The van der Waals surface area contributed by atoms with Gasteiger partial charge in [-0.25, -0.2) is 0 Å². The molecule has 0 aromatic heterocycles. The Bertz CT molecular complexity index is 236. The lowest BCUT2D eigenvalue weighted by atomic mass is 9.87. The van der Waals surface area contributed by atoms with Gasteiger partial charge in [0.15, 0.2) is 0 Å². The molecule has 0 aliphatic heterocycles. The molecule has 0 rings (SSSR count). The fraction of sp³-hybridized carbons (Fsp3) is 0.786. The van der Waals surface area contributed by atoms with Gasteiger partial charge >= 0.3 is 5.97 Å². The SMILES string of the molecule is C#CCCCCCCCCC(C)(C)C(=O)O. The van der Waals surface area contributed by atoms with Crippen LogP contribution in [0.2, 0.25) is 0 Å². The van der Waals surface area contributed by atoms with Gasteiger partial charge in [0.05, 0.1) is 5.41 Å². The van der Waals surface area contributed by atoms with E-state index in [0.29, 0.717) is 0 Å². The van der Waals surface area contributed by atoms with Crippen LogP contribution in [-0.4, -0.2) is 11.1 Å². The molecule has 92 valence electrons. The summed E-state index contributed by atoms with van der Waals surface area (Å²) < 4.78 is 0. The van der Waals surface area contributed by atoms with Crippen molar-refractivity contribution in [1.29, 1.82) is 0 Å². The largest absolute Gasteiger partial charge is 0.481 e. The quantitative estimate of drug-likeness (QED) is 0.477. The van der Waals surface area contributed by atoms with E-state index in [-0.39, 0.29) is 0 Å². The normalized spacial score (nSPS) is 11.1. The number of carboxylic acids is 1. The third kappa shape index (κ3) is 7.34. The minimum atomic E-state index is -0.693. The summed E-state index contributed by atoms with van der Waals surface area (Å²) >= 11 is 0. The molecule has 0 radical (unpaired) electrons. The van der Waals surface area contributed by atoms with Crippen LogP contribution >= 0.6 is 0 Å². The number of aliphatic carboxylic acids is 1. The van der Waals surface area contributed by atoms with Crippen molar-refractivity contribution in [3.8, 4) is 12.3 Å². The summed E-state index contributed by atoms with van der Waals surface area (Å²) in [5.74, 6) is 1.94. The van der Waals surface area contributed by atoms with Gasteiger partial charge in [0, 0.05) is 6.42 Å².